The summed E-state index contributed by atoms with van der Waals surface area (Å²) in [6.07, 6.45) is 6.01. The van der Waals surface area contributed by atoms with Crippen LogP contribution in [0.2, 0.25) is 0 Å². The van der Waals surface area contributed by atoms with Crippen LogP contribution in [-0.4, -0.2) is 46.0 Å². The number of nitrogens with zero attached hydrogens (tertiary/aromatic N) is 1. The molecule has 0 amide bonds. The molecule has 0 atom stereocenters. The third kappa shape index (κ3) is 6.75. The zero-order chi connectivity index (χ0) is 18.6. The Morgan fingerprint density at radius 3 is 2.69 bits per heavy atom. The van der Waals surface area contributed by atoms with E-state index in [0.717, 1.165) is 62.0 Å². The molecule has 0 aromatic heterocycles. The van der Waals surface area contributed by atoms with Crippen molar-refractivity contribution in [3.63, 3.8) is 0 Å². The number of rotatable bonds is 10. The second kappa shape index (κ2) is 11.6. The summed E-state index contributed by atoms with van der Waals surface area (Å²) in [6, 6.07) is 5.98. The fraction of sp³-hybridized carbons (Fsp3) is 0.650. The zero-order valence-electron chi connectivity index (χ0n) is 16.3. The Kier molecular flexibility index (Phi) is 9.10. The number of hydrogen-bond donors (Lipinski definition) is 2. The molecule has 0 heterocycles. The first-order valence-electron chi connectivity index (χ1n) is 9.61. The number of ether oxygens (including phenoxy) is 3. The molecular formula is C20H33N3O3. The number of guanidine groups is 1. The lowest BCUT2D eigenvalue weighted by Crippen LogP contribution is -2.38. The largest absolute Gasteiger partial charge is 0.497 e. The van der Waals surface area contributed by atoms with Crippen LogP contribution in [0.3, 0.4) is 0 Å². The predicted octanol–water partition coefficient (Wildman–Crippen LogP) is 3.11. The summed E-state index contributed by atoms with van der Waals surface area (Å²) in [5.41, 5.74) is 1.08. The Bertz CT molecular complexity index is 557. The van der Waals surface area contributed by atoms with Gasteiger partial charge in [0.25, 0.3) is 0 Å². The predicted molar refractivity (Wildman–Crippen MR) is 105 cm³/mol. The van der Waals surface area contributed by atoms with Gasteiger partial charge in [-0.2, -0.15) is 0 Å². The maximum Gasteiger partial charge on any atom is 0.191 e. The molecule has 0 bridgehead atoms. The summed E-state index contributed by atoms with van der Waals surface area (Å²) in [5.74, 6) is 2.51. The molecule has 146 valence electrons. The van der Waals surface area contributed by atoms with E-state index in [4.69, 9.17) is 19.2 Å². The Balaban J connectivity index is 2.04. The third-order valence-electron chi connectivity index (χ3n) is 4.44. The summed E-state index contributed by atoms with van der Waals surface area (Å²) >= 11 is 0. The first kappa shape index (κ1) is 20.4. The molecule has 1 aromatic carbocycles. The van der Waals surface area contributed by atoms with E-state index in [9.17, 15) is 0 Å². The smallest absolute Gasteiger partial charge is 0.191 e. The summed E-state index contributed by atoms with van der Waals surface area (Å²) in [6.45, 7) is 5.02. The highest BCUT2D eigenvalue weighted by Gasteiger charge is 2.18. The van der Waals surface area contributed by atoms with Gasteiger partial charge in [0, 0.05) is 38.4 Å². The van der Waals surface area contributed by atoms with Crippen molar-refractivity contribution in [1.82, 2.24) is 10.6 Å². The zero-order valence-corrected chi connectivity index (χ0v) is 16.3. The SMILES string of the molecule is CCNC(=NCc1ccc(OC)cc1OC1CCCC1)NCCCOC. The topological polar surface area (TPSA) is 64.1 Å². The Morgan fingerprint density at radius 1 is 1.19 bits per heavy atom. The minimum Gasteiger partial charge on any atom is -0.497 e. The average Bonchev–Trinajstić information content (AvgIpc) is 3.17. The van der Waals surface area contributed by atoms with Gasteiger partial charge in [-0.25, -0.2) is 4.99 Å². The Labute approximate surface area is 157 Å². The molecule has 0 spiro atoms. The van der Waals surface area contributed by atoms with Gasteiger partial charge in [0.15, 0.2) is 5.96 Å². The molecule has 2 rings (SSSR count). The first-order chi connectivity index (χ1) is 12.8. The Morgan fingerprint density at radius 2 is 2.00 bits per heavy atom. The third-order valence-corrected chi connectivity index (χ3v) is 4.44. The molecule has 0 aliphatic heterocycles. The van der Waals surface area contributed by atoms with Crippen molar-refractivity contribution in [2.24, 2.45) is 4.99 Å². The summed E-state index contributed by atoms with van der Waals surface area (Å²) in [7, 11) is 3.40. The van der Waals surface area contributed by atoms with Gasteiger partial charge in [-0.05, 0) is 51.2 Å². The molecule has 6 nitrogen and oxygen atoms in total. The highest BCUT2D eigenvalue weighted by atomic mass is 16.5. The van der Waals surface area contributed by atoms with Crippen molar-refractivity contribution < 1.29 is 14.2 Å². The monoisotopic (exact) mass is 363 g/mol. The first-order valence-corrected chi connectivity index (χ1v) is 9.61. The van der Waals surface area contributed by atoms with Gasteiger partial charge >= 0.3 is 0 Å². The van der Waals surface area contributed by atoms with Crippen molar-refractivity contribution >= 4 is 5.96 Å². The summed E-state index contributed by atoms with van der Waals surface area (Å²) < 4.78 is 16.7. The van der Waals surface area contributed by atoms with Gasteiger partial charge < -0.3 is 24.8 Å². The molecule has 1 aliphatic carbocycles. The molecular weight excluding hydrogens is 330 g/mol. The number of benzene rings is 1. The molecule has 1 fully saturated rings. The van der Waals surface area contributed by atoms with Crippen LogP contribution in [0.1, 0.15) is 44.6 Å². The van der Waals surface area contributed by atoms with E-state index in [-0.39, 0.29) is 0 Å². The van der Waals surface area contributed by atoms with Gasteiger partial charge in [-0.3, -0.25) is 0 Å². The highest BCUT2D eigenvalue weighted by molar-refractivity contribution is 5.79. The fourth-order valence-corrected chi connectivity index (χ4v) is 3.02. The van der Waals surface area contributed by atoms with Crippen LogP contribution in [0, 0.1) is 0 Å². The lowest BCUT2D eigenvalue weighted by Gasteiger charge is -2.17. The van der Waals surface area contributed by atoms with Crippen LogP contribution in [0.4, 0.5) is 0 Å². The molecule has 1 aliphatic rings. The van der Waals surface area contributed by atoms with Crippen LogP contribution in [0.5, 0.6) is 11.5 Å². The van der Waals surface area contributed by atoms with Crippen molar-refractivity contribution in [3.8, 4) is 11.5 Å². The van der Waals surface area contributed by atoms with Crippen LogP contribution in [0.25, 0.3) is 0 Å². The van der Waals surface area contributed by atoms with Crippen LogP contribution in [-0.2, 0) is 11.3 Å². The van der Waals surface area contributed by atoms with Crippen LogP contribution >= 0.6 is 0 Å². The lowest BCUT2D eigenvalue weighted by atomic mass is 10.2. The molecule has 6 heteroatoms. The summed E-state index contributed by atoms with van der Waals surface area (Å²) in [5, 5.41) is 6.61. The normalized spacial score (nSPS) is 15.1. The van der Waals surface area contributed by atoms with Gasteiger partial charge in [0.1, 0.15) is 11.5 Å². The average molecular weight is 364 g/mol. The molecule has 1 aromatic rings. The Hall–Kier alpha value is -1.95. The van der Waals surface area contributed by atoms with E-state index in [2.05, 4.69) is 17.6 Å². The molecule has 26 heavy (non-hydrogen) atoms. The van der Waals surface area contributed by atoms with Gasteiger partial charge in [0.2, 0.25) is 0 Å². The van der Waals surface area contributed by atoms with Crippen molar-refractivity contribution in [1.29, 1.82) is 0 Å². The van der Waals surface area contributed by atoms with E-state index < -0.39 is 0 Å². The second-order valence-electron chi connectivity index (χ2n) is 6.47. The van der Waals surface area contributed by atoms with E-state index in [1.165, 1.54) is 12.8 Å². The van der Waals surface area contributed by atoms with E-state index in [1.807, 2.05) is 18.2 Å². The van der Waals surface area contributed by atoms with Gasteiger partial charge in [-0.15, -0.1) is 0 Å². The highest BCUT2D eigenvalue weighted by Crippen LogP contribution is 2.30. The number of nitrogens with one attached hydrogen (secondary N) is 2. The number of aliphatic imine (C=N–C) groups is 1. The van der Waals surface area contributed by atoms with E-state index >= 15 is 0 Å². The second-order valence-corrected chi connectivity index (χ2v) is 6.47. The van der Waals surface area contributed by atoms with Gasteiger partial charge in [0.05, 0.1) is 19.8 Å². The summed E-state index contributed by atoms with van der Waals surface area (Å²) in [4.78, 5) is 4.70. The van der Waals surface area contributed by atoms with Crippen LogP contribution < -0.4 is 20.1 Å². The standard InChI is InChI=1S/C20H33N3O3/c1-4-21-20(22-12-7-13-24-2)23-15-16-10-11-18(25-3)14-19(16)26-17-8-5-6-9-17/h10-11,14,17H,4-9,12-13,15H2,1-3H3,(H2,21,22,23). The van der Waals surface area contributed by atoms with E-state index in [0.29, 0.717) is 12.6 Å². The molecule has 0 radical (unpaired) electrons. The molecule has 0 unspecified atom stereocenters. The molecule has 2 N–H and O–H groups in total. The fourth-order valence-electron chi connectivity index (χ4n) is 3.02. The van der Waals surface area contributed by atoms with E-state index in [1.54, 1.807) is 14.2 Å². The number of methoxy groups -OCH3 is 2. The quantitative estimate of drug-likeness (QED) is 0.380. The minimum atomic E-state index is 0.310. The van der Waals surface area contributed by atoms with Crippen molar-refractivity contribution in [2.45, 2.75) is 51.7 Å². The maximum absolute atomic E-state index is 6.25. The number of hydrogen-bond acceptors (Lipinski definition) is 4. The maximum atomic E-state index is 6.25. The molecule has 1 saturated carbocycles. The molecule has 0 saturated heterocycles. The minimum absolute atomic E-state index is 0.310. The van der Waals surface area contributed by atoms with Crippen LogP contribution in [0.15, 0.2) is 23.2 Å². The lowest BCUT2D eigenvalue weighted by molar-refractivity contribution is 0.195. The van der Waals surface area contributed by atoms with Crippen molar-refractivity contribution in [2.75, 3.05) is 33.9 Å². The van der Waals surface area contributed by atoms with Crippen molar-refractivity contribution in [3.05, 3.63) is 23.8 Å². The van der Waals surface area contributed by atoms with Gasteiger partial charge in [-0.1, -0.05) is 0 Å².